The van der Waals surface area contributed by atoms with Gasteiger partial charge in [-0.2, -0.15) is 5.26 Å². The van der Waals surface area contributed by atoms with Crippen molar-refractivity contribution in [1.29, 1.82) is 5.26 Å². The lowest BCUT2D eigenvalue weighted by Gasteiger charge is -2.12. The number of ether oxygens (including phenoxy) is 1. The smallest absolute Gasteiger partial charge is 0.262 e. The second-order valence-corrected chi connectivity index (χ2v) is 10.3. The van der Waals surface area contributed by atoms with Gasteiger partial charge in [0.05, 0.1) is 12.0 Å². The fourth-order valence-corrected chi connectivity index (χ4v) is 4.54. The Morgan fingerprint density at radius 2 is 1.74 bits per heavy atom. The molecule has 9 heteroatoms. The maximum absolute atomic E-state index is 12.7. The first kappa shape index (κ1) is 25.7. The lowest BCUT2D eigenvalue weighted by molar-refractivity contribution is -0.117. The summed E-state index contributed by atoms with van der Waals surface area (Å²) in [4.78, 5) is 12.9. The van der Waals surface area contributed by atoms with Gasteiger partial charge in [0.1, 0.15) is 17.4 Å². The molecule has 1 N–H and O–H groups in total. The fourth-order valence-electron chi connectivity index (χ4n) is 3.63. The number of carbonyl (C=O) groups is 1. The van der Waals surface area contributed by atoms with Gasteiger partial charge in [-0.05, 0) is 73.5 Å². The predicted molar refractivity (Wildman–Crippen MR) is 135 cm³/mol. The monoisotopic (exact) mass is 492 g/mol. The number of nitriles is 1. The number of carbonyl (C=O) groups excluding carboxylic acids is 1. The van der Waals surface area contributed by atoms with E-state index in [2.05, 4.69) is 5.32 Å². The second-order valence-electron chi connectivity index (χ2n) is 8.14. The SMILES string of the molecule is COc1ccc(-n2c(C)cc(/C=C(/C#N)C(=O)NCc3ccc(S(=O)(=O)N(C)C)cc3)c2C)cc1. The Morgan fingerprint density at radius 3 is 2.29 bits per heavy atom. The van der Waals surface area contributed by atoms with E-state index in [9.17, 15) is 18.5 Å². The molecule has 0 unspecified atom stereocenters. The summed E-state index contributed by atoms with van der Waals surface area (Å²) in [6, 6.07) is 17.8. The van der Waals surface area contributed by atoms with Crippen molar-refractivity contribution in [2.24, 2.45) is 0 Å². The Balaban J connectivity index is 1.76. The Morgan fingerprint density at radius 1 is 1.11 bits per heavy atom. The predicted octanol–water partition coefficient (Wildman–Crippen LogP) is 3.58. The molecule has 2 aromatic carbocycles. The van der Waals surface area contributed by atoms with Crippen molar-refractivity contribution in [2.45, 2.75) is 25.3 Å². The minimum atomic E-state index is -3.52. The third-order valence-electron chi connectivity index (χ3n) is 5.62. The van der Waals surface area contributed by atoms with Gasteiger partial charge in [0.15, 0.2) is 0 Å². The van der Waals surface area contributed by atoms with Gasteiger partial charge in [-0.15, -0.1) is 0 Å². The molecule has 0 saturated carbocycles. The first-order chi connectivity index (χ1) is 16.6. The molecule has 35 heavy (non-hydrogen) atoms. The number of rotatable bonds is 8. The van der Waals surface area contributed by atoms with Crippen LogP contribution in [0.1, 0.15) is 22.5 Å². The van der Waals surface area contributed by atoms with E-state index in [4.69, 9.17) is 4.74 Å². The Labute approximate surface area is 206 Å². The summed E-state index contributed by atoms with van der Waals surface area (Å²) in [5.41, 5.74) is 4.26. The quantitative estimate of drug-likeness (QED) is 0.382. The zero-order chi connectivity index (χ0) is 25.8. The number of hydrogen-bond donors (Lipinski definition) is 1. The van der Waals surface area contributed by atoms with Gasteiger partial charge in [0.2, 0.25) is 10.0 Å². The van der Waals surface area contributed by atoms with E-state index in [-0.39, 0.29) is 17.0 Å². The molecule has 3 aromatic rings. The van der Waals surface area contributed by atoms with Gasteiger partial charge in [-0.25, -0.2) is 12.7 Å². The highest BCUT2D eigenvalue weighted by atomic mass is 32.2. The molecule has 1 heterocycles. The number of nitrogens with zero attached hydrogens (tertiary/aromatic N) is 3. The number of methoxy groups -OCH3 is 1. The molecule has 0 aliphatic rings. The molecular weight excluding hydrogens is 464 g/mol. The van der Waals surface area contributed by atoms with Crippen LogP contribution in [0, 0.1) is 25.2 Å². The number of hydrogen-bond acceptors (Lipinski definition) is 5. The van der Waals surface area contributed by atoms with Crippen LogP contribution in [-0.2, 0) is 21.4 Å². The van der Waals surface area contributed by atoms with Gasteiger partial charge in [-0.3, -0.25) is 4.79 Å². The van der Waals surface area contributed by atoms with Crippen LogP contribution in [0.25, 0.3) is 11.8 Å². The summed E-state index contributed by atoms with van der Waals surface area (Å²) < 4.78 is 32.8. The number of benzene rings is 2. The third kappa shape index (κ3) is 5.62. The van der Waals surface area contributed by atoms with Crippen molar-refractivity contribution in [3.05, 3.63) is 82.7 Å². The number of amides is 1. The number of sulfonamides is 1. The maximum Gasteiger partial charge on any atom is 0.262 e. The molecule has 0 aliphatic carbocycles. The molecule has 0 aliphatic heterocycles. The van der Waals surface area contributed by atoms with Crippen LogP contribution in [0.15, 0.2) is 65.1 Å². The van der Waals surface area contributed by atoms with Crippen molar-refractivity contribution in [2.75, 3.05) is 21.2 Å². The highest BCUT2D eigenvalue weighted by Gasteiger charge is 2.17. The Bertz CT molecular complexity index is 1400. The van der Waals surface area contributed by atoms with Gasteiger partial charge < -0.3 is 14.6 Å². The number of nitrogens with one attached hydrogen (secondary N) is 1. The van der Waals surface area contributed by atoms with Gasteiger partial charge in [-0.1, -0.05) is 12.1 Å². The molecule has 182 valence electrons. The van der Waals surface area contributed by atoms with Gasteiger partial charge in [0, 0.05) is 37.7 Å². The topological polar surface area (TPSA) is 104 Å². The molecule has 1 amide bonds. The summed E-state index contributed by atoms with van der Waals surface area (Å²) >= 11 is 0. The van der Waals surface area contributed by atoms with Crippen molar-refractivity contribution in [1.82, 2.24) is 14.2 Å². The molecule has 0 atom stereocenters. The molecule has 0 spiro atoms. The maximum atomic E-state index is 12.7. The summed E-state index contributed by atoms with van der Waals surface area (Å²) in [5, 5.41) is 12.3. The van der Waals surface area contributed by atoms with Crippen molar-refractivity contribution >= 4 is 22.0 Å². The lowest BCUT2D eigenvalue weighted by atomic mass is 10.1. The highest BCUT2D eigenvalue weighted by molar-refractivity contribution is 7.89. The van der Waals surface area contributed by atoms with E-state index in [1.807, 2.05) is 54.8 Å². The normalized spacial score (nSPS) is 11.9. The summed E-state index contributed by atoms with van der Waals surface area (Å²) in [5.74, 6) is 0.250. The average molecular weight is 493 g/mol. The minimum Gasteiger partial charge on any atom is -0.497 e. The van der Waals surface area contributed by atoms with E-state index < -0.39 is 15.9 Å². The van der Waals surface area contributed by atoms with E-state index in [1.54, 1.807) is 25.3 Å². The van der Waals surface area contributed by atoms with Crippen molar-refractivity contribution < 1.29 is 17.9 Å². The molecule has 1 aromatic heterocycles. The minimum absolute atomic E-state index is 0.0215. The van der Waals surface area contributed by atoms with Crippen LogP contribution in [0.4, 0.5) is 0 Å². The van der Waals surface area contributed by atoms with Crippen LogP contribution >= 0.6 is 0 Å². The number of aromatic nitrogens is 1. The molecule has 8 nitrogen and oxygen atoms in total. The molecular formula is C26H28N4O4S. The van der Waals surface area contributed by atoms with Crippen molar-refractivity contribution in [3.8, 4) is 17.5 Å². The summed E-state index contributed by atoms with van der Waals surface area (Å²) in [6.07, 6.45) is 1.57. The second kappa shape index (κ2) is 10.6. The lowest BCUT2D eigenvalue weighted by Crippen LogP contribution is -2.24. The Hall–Kier alpha value is -3.87. The molecule has 3 rings (SSSR count). The van der Waals surface area contributed by atoms with Crippen LogP contribution in [0.3, 0.4) is 0 Å². The van der Waals surface area contributed by atoms with Crippen molar-refractivity contribution in [3.63, 3.8) is 0 Å². The molecule has 0 radical (unpaired) electrons. The summed E-state index contributed by atoms with van der Waals surface area (Å²) in [7, 11) is 1.03. The van der Waals surface area contributed by atoms with E-state index in [0.717, 1.165) is 32.7 Å². The Kier molecular flexibility index (Phi) is 7.79. The summed E-state index contributed by atoms with van der Waals surface area (Å²) in [6.45, 7) is 4.05. The van der Waals surface area contributed by atoms with E-state index in [0.29, 0.717) is 5.56 Å². The van der Waals surface area contributed by atoms with Crippen LogP contribution < -0.4 is 10.1 Å². The van der Waals surface area contributed by atoms with Gasteiger partial charge in [0.25, 0.3) is 5.91 Å². The van der Waals surface area contributed by atoms with Crippen LogP contribution in [0.5, 0.6) is 5.75 Å². The number of aryl methyl sites for hydroxylation is 1. The van der Waals surface area contributed by atoms with E-state index >= 15 is 0 Å². The van der Waals surface area contributed by atoms with Crippen LogP contribution in [0.2, 0.25) is 0 Å². The zero-order valence-corrected chi connectivity index (χ0v) is 21.2. The first-order valence-corrected chi connectivity index (χ1v) is 12.3. The molecule has 0 saturated heterocycles. The zero-order valence-electron chi connectivity index (χ0n) is 20.4. The van der Waals surface area contributed by atoms with Crippen LogP contribution in [-0.4, -0.2) is 44.4 Å². The highest BCUT2D eigenvalue weighted by Crippen LogP contribution is 2.24. The first-order valence-electron chi connectivity index (χ1n) is 10.8. The largest absolute Gasteiger partial charge is 0.497 e. The third-order valence-corrected chi connectivity index (χ3v) is 7.45. The molecule has 0 bridgehead atoms. The fraction of sp³-hybridized carbons (Fsp3) is 0.231. The average Bonchev–Trinajstić information content (AvgIpc) is 3.13. The standard InChI is InChI=1S/C26H28N4O4S/c1-18-14-21(19(2)30(18)23-8-10-24(34-5)11-9-23)15-22(16-27)26(31)28-17-20-6-12-25(13-7-20)35(32,33)29(3)4/h6-15H,17H2,1-5H3,(H,28,31)/b22-15-. The molecule has 0 fully saturated rings. The van der Waals surface area contributed by atoms with Gasteiger partial charge >= 0.3 is 0 Å². The van der Waals surface area contributed by atoms with E-state index in [1.165, 1.54) is 26.2 Å².